The number of hydrogen-bond acceptors (Lipinski definition) is 5. The second-order valence-corrected chi connectivity index (χ2v) is 7.17. The molecule has 6 nitrogen and oxygen atoms in total. The van der Waals surface area contributed by atoms with Crippen molar-refractivity contribution in [2.45, 2.75) is 38.1 Å². The van der Waals surface area contributed by atoms with E-state index in [1.54, 1.807) is 0 Å². The second-order valence-electron chi connectivity index (χ2n) is 7.17. The molecule has 2 heterocycles. The van der Waals surface area contributed by atoms with Crippen LogP contribution in [0.2, 0.25) is 0 Å². The lowest BCUT2D eigenvalue weighted by molar-refractivity contribution is -0.122. The first kappa shape index (κ1) is 18.1. The molecule has 0 aromatic carbocycles. The molecule has 1 amide bonds. The van der Waals surface area contributed by atoms with Crippen LogP contribution in [0.1, 0.15) is 32.1 Å². The van der Waals surface area contributed by atoms with E-state index in [-0.39, 0.29) is 24.5 Å². The lowest BCUT2D eigenvalue weighted by Crippen LogP contribution is -2.48. The first-order valence-electron chi connectivity index (χ1n) is 9.55. The zero-order valence-corrected chi connectivity index (χ0v) is 14.9. The maximum absolute atomic E-state index is 12.3. The number of hydrogen-bond donors (Lipinski definition) is 2. The predicted octanol–water partition coefficient (Wildman–Crippen LogP) is 1.26. The van der Waals surface area contributed by atoms with Gasteiger partial charge in [-0.2, -0.15) is 0 Å². The highest BCUT2D eigenvalue weighted by Crippen LogP contribution is 2.24. The van der Waals surface area contributed by atoms with Gasteiger partial charge in [0.05, 0.1) is 0 Å². The van der Waals surface area contributed by atoms with Gasteiger partial charge in [0.15, 0.2) is 0 Å². The van der Waals surface area contributed by atoms with E-state index >= 15 is 0 Å². The first-order chi connectivity index (χ1) is 12.3. The first-order valence-corrected chi connectivity index (χ1v) is 9.55. The van der Waals surface area contributed by atoms with E-state index in [1.165, 1.54) is 0 Å². The lowest BCUT2D eigenvalue weighted by Gasteiger charge is -2.35. The summed E-state index contributed by atoms with van der Waals surface area (Å²) in [7, 11) is 0. The number of pyridine rings is 1. The standard InChI is InChI=1S/C19H30N4O2/c24-15-16-5-1-2-6-17(16)21-19(25)8-10-22-11-13-23(14-12-22)18-7-3-4-9-20-18/h3-4,7,9,16-17,24H,1-2,5-6,8,10-15H2,(H,21,25). The molecule has 2 N–H and O–H groups in total. The van der Waals surface area contributed by atoms with E-state index in [2.05, 4.69) is 20.1 Å². The van der Waals surface area contributed by atoms with Crippen molar-refractivity contribution in [3.05, 3.63) is 24.4 Å². The maximum atomic E-state index is 12.3. The van der Waals surface area contributed by atoms with Crippen LogP contribution in [-0.2, 0) is 4.79 Å². The molecule has 3 rings (SSSR count). The minimum Gasteiger partial charge on any atom is -0.396 e. The van der Waals surface area contributed by atoms with Gasteiger partial charge < -0.3 is 15.3 Å². The molecule has 1 saturated heterocycles. The van der Waals surface area contributed by atoms with Gasteiger partial charge in [0.25, 0.3) is 0 Å². The zero-order chi connectivity index (χ0) is 17.5. The molecule has 2 atom stereocenters. The average Bonchev–Trinajstić information content (AvgIpc) is 2.68. The number of nitrogens with one attached hydrogen (secondary N) is 1. The normalized spacial score (nSPS) is 24.9. The number of carbonyl (C=O) groups is 1. The highest BCUT2D eigenvalue weighted by molar-refractivity contribution is 5.76. The maximum Gasteiger partial charge on any atom is 0.221 e. The molecule has 6 heteroatoms. The largest absolute Gasteiger partial charge is 0.396 e. The number of amides is 1. The van der Waals surface area contributed by atoms with E-state index in [9.17, 15) is 9.90 Å². The average molecular weight is 346 g/mol. The van der Waals surface area contributed by atoms with Crippen molar-refractivity contribution < 1.29 is 9.90 Å². The summed E-state index contributed by atoms with van der Waals surface area (Å²) in [6.45, 7) is 4.82. The van der Waals surface area contributed by atoms with Crippen molar-refractivity contribution in [2.75, 3.05) is 44.2 Å². The predicted molar refractivity (Wildman–Crippen MR) is 98.5 cm³/mol. The Hall–Kier alpha value is -1.66. The van der Waals surface area contributed by atoms with Crippen molar-refractivity contribution >= 4 is 11.7 Å². The molecule has 1 saturated carbocycles. The van der Waals surface area contributed by atoms with Gasteiger partial charge in [-0.15, -0.1) is 0 Å². The van der Waals surface area contributed by atoms with Crippen LogP contribution >= 0.6 is 0 Å². The van der Waals surface area contributed by atoms with Crippen LogP contribution in [0.3, 0.4) is 0 Å². The van der Waals surface area contributed by atoms with Gasteiger partial charge in [-0.05, 0) is 25.0 Å². The number of aliphatic hydroxyl groups excluding tert-OH is 1. The monoisotopic (exact) mass is 346 g/mol. The van der Waals surface area contributed by atoms with Crippen LogP contribution in [0, 0.1) is 5.92 Å². The summed E-state index contributed by atoms with van der Waals surface area (Å²) in [5.41, 5.74) is 0. The Labute approximate surface area is 150 Å². The summed E-state index contributed by atoms with van der Waals surface area (Å²) in [6, 6.07) is 6.16. The second kappa shape index (κ2) is 9.15. The van der Waals surface area contributed by atoms with Crippen LogP contribution in [0.15, 0.2) is 24.4 Å². The van der Waals surface area contributed by atoms with Gasteiger partial charge >= 0.3 is 0 Å². The Kier molecular flexibility index (Phi) is 6.64. The number of anilines is 1. The summed E-state index contributed by atoms with van der Waals surface area (Å²) in [6.07, 6.45) is 6.71. The summed E-state index contributed by atoms with van der Waals surface area (Å²) in [4.78, 5) is 21.3. The Balaban J connectivity index is 1.37. The molecule has 1 aliphatic carbocycles. The fourth-order valence-corrected chi connectivity index (χ4v) is 3.90. The van der Waals surface area contributed by atoms with Gasteiger partial charge in [-0.25, -0.2) is 4.98 Å². The molecule has 2 unspecified atom stereocenters. The molecule has 1 aliphatic heterocycles. The van der Waals surface area contributed by atoms with Crippen LogP contribution in [0.4, 0.5) is 5.82 Å². The molecule has 0 radical (unpaired) electrons. The van der Waals surface area contributed by atoms with Crippen molar-refractivity contribution in [3.63, 3.8) is 0 Å². The molecule has 0 bridgehead atoms. The van der Waals surface area contributed by atoms with Gasteiger partial charge in [-0.3, -0.25) is 9.69 Å². The fraction of sp³-hybridized carbons (Fsp3) is 0.684. The Morgan fingerprint density at radius 3 is 2.72 bits per heavy atom. The van der Waals surface area contributed by atoms with Crippen LogP contribution in [0.25, 0.3) is 0 Å². The molecule has 1 aromatic rings. The summed E-state index contributed by atoms with van der Waals surface area (Å²) in [5.74, 6) is 1.39. The zero-order valence-electron chi connectivity index (χ0n) is 14.9. The molecule has 25 heavy (non-hydrogen) atoms. The Bertz CT molecular complexity index is 531. The van der Waals surface area contributed by atoms with Crippen molar-refractivity contribution in [2.24, 2.45) is 5.92 Å². The van der Waals surface area contributed by atoms with Crippen LogP contribution < -0.4 is 10.2 Å². The molecule has 2 aliphatic rings. The number of carbonyl (C=O) groups excluding carboxylic acids is 1. The number of aliphatic hydroxyl groups is 1. The summed E-state index contributed by atoms with van der Waals surface area (Å²) >= 11 is 0. The van der Waals surface area contributed by atoms with Crippen molar-refractivity contribution in [3.8, 4) is 0 Å². The molecule has 138 valence electrons. The number of aromatic nitrogens is 1. The molecule has 0 spiro atoms. The number of rotatable bonds is 6. The highest BCUT2D eigenvalue weighted by Gasteiger charge is 2.26. The molecular formula is C19H30N4O2. The third-order valence-corrected chi connectivity index (χ3v) is 5.49. The van der Waals surface area contributed by atoms with Crippen molar-refractivity contribution in [1.29, 1.82) is 0 Å². The van der Waals surface area contributed by atoms with Crippen LogP contribution in [-0.4, -0.2) is 66.3 Å². The summed E-state index contributed by atoms with van der Waals surface area (Å²) < 4.78 is 0. The minimum atomic E-state index is 0.123. The fourth-order valence-electron chi connectivity index (χ4n) is 3.90. The Morgan fingerprint density at radius 2 is 2.00 bits per heavy atom. The summed E-state index contributed by atoms with van der Waals surface area (Å²) in [5, 5.41) is 12.6. The van der Waals surface area contributed by atoms with E-state index in [1.807, 2.05) is 24.4 Å². The van der Waals surface area contributed by atoms with Gasteiger partial charge in [0.2, 0.25) is 5.91 Å². The number of piperazine rings is 1. The van der Waals surface area contributed by atoms with Gasteiger partial charge in [-0.1, -0.05) is 18.9 Å². The lowest BCUT2D eigenvalue weighted by atomic mass is 9.85. The highest BCUT2D eigenvalue weighted by atomic mass is 16.3. The third-order valence-electron chi connectivity index (χ3n) is 5.49. The van der Waals surface area contributed by atoms with Gasteiger partial charge in [0, 0.05) is 63.9 Å². The topological polar surface area (TPSA) is 68.7 Å². The molecule has 1 aromatic heterocycles. The van der Waals surface area contributed by atoms with E-state index in [0.29, 0.717) is 6.42 Å². The van der Waals surface area contributed by atoms with Crippen LogP contribution in [0.5, 0.6) is 0 Å². The SMILES string of the molecule is O=C(CCN1CCN(c2ccccn2)CC1)NC1CCCCC1CO. The minimum absolute atomic E-state index is 0.123. The molecular weight excluding hydrogens is 316 g/mol. The molecule has 2 fully saturated rings. The van der Waals surface area contributed by atoms with E-state index < -0.39 is 0 Å². The Morgan fingerprint density at radius 1 is 1.20 bits per heavy atom. The quantitative estimate of drug-likeness (QED) is 0.812. The number of nitrogens with zero attached hydrogens (tertiary/aromatic N) is 3. The smallest absolute Gasteiger partial charge is 0.221 e. The third kappa shape index (κ3) is 5.16. The van der Waals surface area contributed by atoms with E-state index in [0.717, 1.165) is 64.2 Å². The van der Waals surface area contributed by atoms with Crippen molar-refractivity contribution in [1.82, 2.24) is 15.2 Å². The van der Waals surface area contributed by atoms with E-state index in [4.69, 9.17) is 0 Å². The van der Waals surface area contributed by atoms with Gasteiger partial charge in [0.1, 0.15) is 5.82 Å².